The van der Waals surface area contributed by atoms with Crippen molar-refractivity contribution in [2.75, 3.05) is 6.54 Å². The molecule has 2 nitrogen and oxygen atoms in total. The fourth-order valence-electron chi connectivity index (χ4n) is 1.51. The summed E-state index contributed by atoms with van der Waals surface area (Å²) in [5.74, 6) is 1.02. The molecule has 0 amide bonds. The van der Waals surface area contributed by atoms with Crippen molar-refractivity contribution in [1.29, 1.82) is 5.26 Å². The van der Waals surface area contributed by atoms with Gasteiger partial charge in [0.15, 0.2) is 0 Å². The lowest BCUT2D eigenvalue weighted by atomic mass is 9.80. The average molecular weight is 166 g/mol. The van der Waals surface area contributed by atoms with Crippen LogP contribution >= 0.6 is 0 Å². The van der Waals surface area contributed by atoms with Gasteiger partial charge in [0.25, 0.3) is 0 Å². The van der Waals surface area contributed by atoms with Crippen molar-refractivity contribution in [2.24, 2.45) is 11.8 Å². The summed E-state index contributed by atoms with van der Waals surface area (Å²) in [6, 6.07) is 2.84. The SMILES string of the molecule is CC(C#N)CNC(C)C1CCC1. The first-order valence-electron chi connectivity index (χ1n) is 4.87. The van der Waals surface area contributed by atoms with E-state index in [4.69, 9.17) is 5.26 Å². The Morgan fingerprint density at radius 3 is 2.58 bits per heavy atom. The summed E-state index contributed by atoms with van der Waals surface area (Å²) in [7, 11) is 0. The van der Waals surface area contributed by atoms with Crippen LogP contribution in [0.1, 0.15) is 33.1 Å². The van der Waals surface area contributed by atoms with Crippen LogP contribution in [0.3, 0.4) is 0 Å². The van der Waals surface area contributed by atoms with E-state index >= 15 is 0 Å². The van der Waals surface area contributed by atoms with Crippen LogP contribution in [-0.2, 0) is 0 Å². The highest BCUT2D eigenvalue weighted by Gasteiger charge is 2.23. The number of nitrogens with zero attached hydrogens (tertiary/aromatic N) is 1. The maximum atomic E-state index is 8.57. The largest absolute Gasteiger partial charge is 0.313 e. The summed E-state index contributed by atoms with van der Waals surface area (Å²) < 4.78 is 0. The van der Waals surface area contributed by atoms with Crippen molar-refractivity contribution in [3.8, 4) is 6.07 Å². The van der Waals surface area contributed by atoms with Gasteiger partial charge in [-0.1, -0.05) is 6.42 Å². The van der Waals surface area contributed by atoms with E-state index in [1.54, 1.807) is 0 Å². The highest BCUT2D eigenvalue weighted by Crippen LogP contribution is 2.29. The van der Waals surface area contributed by atoms with Crippen LogP contribution < -0.4 is 5.32 Å². The molecule has 0 aromatic carbocycles. The van der Waals surface area contributed by atoms with E-state index in [-0.39, 0.29) is 5.92 Å². The van der Waals surface area contributed by atoms with Gasteiger partial charge in [-0.05, 0) is 32.6 Å². The van der Waals surface area contributed by atoms with E-state index in [0.29, 0.717) is 6.04 Å². The van der Waals surface area contributed by atoms with Gasteiger partial charge in [-0.15, -0.1) is 0 Å². The quantitative estimate of drug-likeness (QED) is 0.692. The van der Waals surface area contributed by atoms with Gasteiger partial charge in [0.1, 0.15) is 0 Å². The molecule has 0 aliphatic heterocycles. The van der Waals surface area contributed by atoms with Crippen molar-refractivity contribution in [3.63, 3.8) is 0 Å². The maximum Gasteiger partial charge on any atom is 0.0666 e. The van der Waals surface area contributed by atoms with Gasteiger partial charge in [0, 0.05) is 12.6 Å². The molecule has 0 aromatic heterocycles. The van der Waals surface area contributed by atoms with Crippen LogP contribution in [0.5, 0.6) is 0 Å². The third-order valence-electron chi connectivity index (χ3n) is 2.82. The lowest BCUT2D eigenvalue weighted by Crippen LogP contribution is -2.38. The van der Waals surface area contributed by atoms with Crippen molar-refractivity contribution >= 4 is 0 Å². The maximum absolute atomic E-state index is 8.57. The van der Waals surface area contributed by atoms with Crippen molar-refractivity contribution < 1.29 is 0 Å². The van der Waals surface area contributed by atoms with E-state index in [1.165, 1.54) is 19.3 Å². The second kappa shape index (κ2) is 4.47. The molecule has 2 unspecified atom stereocenters. The first-order valence-corrected chi connectivity index (χ1v) is 4.87. The van der Waals surface area contributed by atoms with E-state index in [0.717, 1.165) is 12.5 Å². The number of hydrogen-bond donors (Lipinski definition) is 1. The zero-order chi connectivity index (χ0) is 8.97. The summed E-state index contributed by atoms with van der Waals surface area (Å²) in [6.07, 6.45) is 4.13. The van der Waals surface area contributed by atoms with Gasteiger partial charge in [-0.25, -0.2) is 0 Å². The molecule has 1 N–H and O–H groups in total. The number of nitrogens with one attached hydrogen (secondary N) is 1. The Bertz CT molecular complexity index is 167. The standard InChI is InChI=1S/C10H18N2/c1-8(6-11)7-12-9(2)10-4-3-5-10/h8-10,12H,3-5,7H2,1-2H3. The van der Waals surface area contributed by atoms with Gasteiger partial charge in [-0.2, -0.15) is 5.26 Å². The Morgan fingerprint density at radius 2 is 2.17 bits per heavy atom. The summed E-state index contributed by atoms with van der Waals surface area (Å²) in [5.41, 5.74) is 0. The van der Waals surface area contributed by atoms with Gasteiger partial charge < -0.3 is 5.32 Å². The lowest BCUT2D eigenvalue weighted by Gasteiger charge is -2.32. The van der Waals surface area contributed by atoms with Gasteiger partial charge in [0.2, 0.25) is 0 Å². The summed E-state index contributed by atoms with van der Waals surface area (Å²) >= 11 is 0. The molecule has 0 spiro atoms. The molecule has 1 aliphatic rings. The number of rotatable bonds is 4. The first-order chi connectivity index (χ1) is 5.74. The molecule has 0 saturated heterocycles. The molecule has 0 aromatic rings. The highest BCUT2D eigenvalue weighted by molar-refractivity contribution is 4.84. The highest BCUT2D eigenvalue weighted by atomic mass is 14.9. The van der Waals surface area contributed by atoms with Crippen molar-refractivity contribution in [2.45, 2.75) is 39.2 Å². The predicted octanol–water partition coefficient (Wildman–Crippen LogP) is 1.92. The Kier molecular flexibility index (Phi) is 3.55. The average Bonchev–Trinajstić information content (AvgIpc) is 1.97. The molecule has 0 heterocycles. The van der Waals surface area contributed by atoms with Crippen LogP contribution in [0, 0.1) is 23.2 Å². The van der Waals surface area contributed by atoms with Crippen molar-refractivity contribution in [1.82, 2.24) is 5.32 Å². The van der Waals surface area contributed by atoms with Crippen LogP contribution in [0.2, 0.25) is 0 Å². The summed E-state index contributed by atoms with van der Waals surface area (Å²) in [6.45, 7) is 5.03. The summed E-state index contributed by atoms with van der Waals surface area (Å²) in [4.78, 5) is 0. The fraction of sp³-hybridized carbons (Fsp3) is 0.900. The Morgan fingerprint density at radius 1 is 1.50 bits per heavy atom. The monoisotopic (exact) mass is 166 g/mol. The van der Waals surface area contributed by atoms with E-state index in [2.05, 4.69) is 18.3 Å². The van der Waals surface area contributed by atoms with E-state index in [9.17, 15) is 0 Å². The zero-order valence-electron chi connectivity index (χ0n) is 8.01. The van der Waals surface area contributed by atoms with Crippen LogP contribution in [0.4, 0.5) is 0 Å². The molecule has 0 bridgehead atoms. The summed E-state index contributed by atoms with van der Waals surface area (Å²) in [5, 5.41) is 12.0. The molecular formula is C10H18N2. The van der Waals surface area contributed by atoms with Gasteiger partial charge in [-0.3, -0.25) is 0 Å². The molecular weight excluding hydrogens is 148 g/mol. The zero-order valence-corrected chi connectivity index (χ0v) is 8.01. The Balaban J connectivity index is 2.10. The van der Waals surface area contributed by atoms with Gasteiger partial charge in [0.05, 0.1) is 12.0 Å². The second-order valence-corrected chi connectivity index (χ2v) is 3.92. The molecule has 1 fully saturated rings. The molecule has 1 rings (SSSR count). The molecule has 12 heavy (non-hydrogen) atoms. The first kappa shape index (κ1) is 9.54. The minimum atomic E-state index is 0.146. The molecule has 1 aliphatic carbocycles. The van der Waals surface area contributed by atoms with Crippen LogP contribution in [0.15, 0.2) is 0 Å². The lowest BCUT2D eigenvalue weighted by molar-refractivity contribution is 0.238. The number of nitriles is 1. The Labute approximate surface area is 75.0 Å². The molecule has 2 atom stereocenters. The normalized spacial score (nSPS) is 22.4. The molecule has 0 radical (unpaired) electrons. The topological polar surface area (TPSA) is 35.8 Å². The Hall–Kier alpha value is -0.550. The van der Waals surface area contributed by atoms with E-state index < -0.39 is 0 Å². The molecule has 2 heteroatoms. The van der Waals surface area contributed by atoms with Crippen LogP contribution in [0.25, 0.3) is 0 Å². The van der Waals surface area contributed by atoms with Gasteiger partial charge >= 0.3 is 0 Å². The molecule has 1 saturated carbocycles. The van der Waals surface area contributed by atoms with Crippen molar-refractivity contribution in [3.05, 3.63) is 0 Å². The minimum Gasteiger partial charge on any atom is -0.313 e. The van der Waals surface area contributed by atoms with E-state index in [1.807, 2.05) is 6.92 Å². The smallest absolute Gasteiger partial charge is 0.0666 e. The predicted molar refractivity (Wildman–Crippen MR) is 49.6 cm³/mol. The number of hydrogen-bond acceptors (Lipinski definition) is 2. The fourth-order valence-corrected chi connectivity index (χ4v) is 1.51. The minimum absolute atomic E-state index is 0.146. The second-order valence-electron chi connectivity index (χ2n) is 3.92. The third-order valence-corrected chi connectivity index (χ3v) is 2.82. The molecule has 68 valence electrons. The third kappa shape index (κ3) is 2.49. The van der Waals surface area contributed by atoms with Crippen LogP contribution in [-0.4, -0.2) is 12.6 Å².